The number of carbonyl (C=O) groups is 3. The molecule has 1 fully saturated rings. The molecule has 6 nitrogen and oxygen atoms in total. The lowest BCUT2D eigenvalue weighted by atomic mass is 9.69. The number of rotatable bonds is 33. The van der Waals surface area contributed by atoms with Crippen LogP contribution in [0.5, 0.6) is 0 Å². The maximum atomic E-state index is 13.0. The average Bonchev–Trinajstić information content (AvgIpc) is 3.12. The predicted octanol–water partition coefficient (Wildman–Crippen LogP) is 13.0. The maximum Gasteiger partial charge on any atom is 0.305 e. The molecule has 0 aromatic rings. The summed E-state index contributed by atoms with van der Waals surface area (Å²) in [5.74, 6) is 2.38. The molecule has 1 aliphatic rings. The van der Waals surface area contributed by atoms with Gasteiger partial charge in [-0.3, -0.25) is 14.4 Å². The first-order chi connectivity index (χ1) is 24.8. The fourth-order valence-electron chi connectivity index (χ4n) is 8.40. The van der Waals surface area contributed by atoms with Crippen molar-refractivity contribution in [2.24, 2.45) is 35.5 Å². The van der Waals surface area contributed by atoms with Crippen LogP contribution in [0.2, 0.25) is 0 Å². The van der Waals surface area contributed by atoms with E-state index in [-0.39, 0.29) is 17.9 Å². The first-order valence-corrected chi connectivity index (χ1v) is 22.3. The SMILES string of the molecule is CCCCCC(CCC)COC(=O)CCC1CCC(CCC(=O)OCC(CCC)CCCCC)C(CCC(=O)OCC(CCC)CCCCC)C1. The summed E-state index contributed by atoms with van der Waals surface area (Å²) in [4.78, 5) is 38.7. The Kier molecular flexibility index (Phi) is 29.7. The van der Waals surface area contributed by atoms with Crippen LogP contribution in [0.25, 0.3) is 0 Å². The van der Waals surface area contributed by atoms with Crippen LogP contribution in [0.1, 0.15) is 215 Å². The normalized spacial score (nSPS) is 19.3. The zero-order valence-corrected chi connectivity index (χ0v) is 34.6. The highest BCUT2D eigenvalue weighted by molar-refractivity contribution is 5.70. The molecule has 0 aromatic carbocycles. The molecule has 1 aliphatic carbocycles. The molecule has 6 atom stereocenters. The van der Waals surface area contributed by atoms with Crippen LogP contribution in [0.15, 0.2) is 0 Å². The van der Waals surface area contributed by atoms with Gasteiger partial charge in [0.2, 0.25) is 0 Å². The molecule has 0 aromatic heterocycles. The molecular formula is C45H84O6. The Morgan fingerprint density at radius 1 is 0.451 bits per heavy atom. The lowest BCUT2D eigenvalue weighted by molar-refractivity contribution is -0.147. The van der Waals surface area contributed by atoms with E-state index < -0.39 is 0 Å². The fourth-order valence-corrected chi connectivity index (χ4v) is 8.40. The van der Waals surface area contributed by atoms with Gasteiger partial charge in [-0.25, -0.2) is 0 Å². The van der Waals surface area contributed by atoms with E-state index in [0.717, 1.165) is 96.3 Å². The van der Waals surface area contributed by atoms with Crippen LogP contribution in [0.3, 0.4) is 0 Å². The number of hydrogen-bond donors (Lipinski definition) is 0. The van der Waals surface area contributed by atoms with Crippen molar-refractivity contribution in [1.29, 1.82) is 0 Å². The van der Waals surface area contributed by atoms with E-state index in [0.29, 0.717) is 74.6 Å². The van der Waals surface area contributed by atoms with Crippen LogP contribution in [0, 0.1) is 35.5 Å². The quantitative estimate of drug-likeness (QED) is 0.0381. The Bertz CT molecular complexity index is 858. The summed E-state index contributed by atoms with van der Waals surface area (Å²) in [6, 6.07) is 0. The number of hydrogen-bond acceptors (Lipinski definition) is 6. The number of carbonyl (C=O) groups excluding carboxylic acids is 3. The van der Waals surface area contributed by atoms with Crippen molar-refractivity contribution in [3.63, 3.8) is 0 Å². The van der Waals surface area contributed by atoms with Gasteiger partial charge in [-0.2, -0.15) is 0 Å². The van der Waals surface area contributed by atoms with Gasteiger partial charge in [0.1, 0.15) is 0 Å². The second-order valence-corrected chi connectivity index (χ2v) is 16.3. The Morgan fingerprint density at radius 2 is 0.824 bits per heavy atom. The van der Waals surface area contributed by atoms with Crippen LogP contribution in [-0.2, 0) is 28.6 Å². The molecular weight excluding hydrogens is 636 g/mol. The van der Waals surface area contributed by atoms with Gasteiger partial charge in [0, 0.05) is 19.3 Å². The van der Waals surface area contributed by atoms with Gasteiger partial charge in [0.05, 0.1) is 19.8 Å². The second-order valence-electron chi connectivity index (χ2n) is 16.3. The zero-order chi connectivity index (χ0) is 37.5. The third kappa shape index (κ3) is 24.4. The van der Waals surface area contributed by atoms with Gasteiger partial charge < -0.3 is 14.2 Å². The molecule has 0 aliphatic heterocycles. The minimum Gasteiger partial charge on any atom is -0.465 e. The molecule has 300 valence electrons. The molecule has 0 bridgehead atoms. The van der Waals surface area contributed by atoms with E-state index in [9.17, 15) is 14.4 Å². The third-order valence-electron chi connectivity index (χ3n) is 11.6. The monoisotopic (exact) mass is 721 g/mol. The van der Waals surface area contributed by atoms with E-state index >= 15 is 0 Å². The summed E-state index contributed by atoms with van der Waals surface area (Å²) in [5.41, 5.74) is 0. The highest BCUT2D eigenvalue weighted by Gasteiger charge is 2.32. The molecule has 6 unspecified atom stereocenters. The van der Waals surface area contributed by atoms with Crippen molar-refractivity contribution < 1.29 is 28.6 Å². The first-order valence-electron chi connectivity index (χ1n) is 22.3. The third-order valence-corrected chi connectivity index (χ3v) is 11.6. The van der Waals surface area contributed by atoms with E-state index in [2.05, 4.69) is 41.5 Å². The van der Waals surface area contributed by atoms with Crippen LogP contribution < -0.4 is 0 Å². The number of esters is 3. The Balaban J connectivity index is 2.73. The Morgan fingerprint density at radius 3 is 1.20 bits per heavy atom. The zero-order valence-electron chi connectivity index (χ0n) is 34.6. The summed E-state index contributed by atoms with van der Waals surface area (Å²) < 4.78 is 17.5. The summed E-state index contributed by atoms with van der Waals surface area (Å²) in [5, 5.41) is 0. The number of ether oxygens (including phenoxy) is 3. The summed E-state index contributed by atoms with van der Waals surface area (Å²) in [6.45, 7) is 14.9. The van der Waals surface area contributed by atoms with Crippen molar-refractivity contribution in [1.82, 2.24) is 0 Å². The summed E-state index contributed by atoms with van der Waals surface area (Å²) >= 11 is 0. The lowest BCUT2D eigenvalue weighted by Gasteiger charge is -2.36. The van der Waals surface area contributed by atoms with E-state index in [1.165, 1.54) is 57.8 Å². The average molecular weight is 721 g/mol. The largest absolute Gasteiger partial charge is 0.465 e. The van der Waals surface area contributed by atoms with Gasteiger partial charge >= 0.3 is 17.9 Å². The minimum absolute atomic E-state index is 0.0618. The van der Waals surface area contributed by atoms with Gasteiger partial charge in [-0.15, -0.1) is 0 Å². The highest BCUT2D eigenvalue weighted by atomic mass is 16.5. The maximum absolute atomic E-state index is 13.0. The molecule has 0 amide bonds. The molecule has 1 rings (SSSR count). The van der Waals surface area contributed by atoms with E-state index in [1.54, 1.807) is 0 Å². The smallest absolute Gasteiger partial charge is 0.305 e. The first kappa shape index (κ1) is 47.4. The van der Waals surface area contributed by atoms with Crippen LogP contribution in [-0.4, -0.2) is 37.7 Å². The van der Waals surface area contributed by atoms with Gasteiger partial charge in [0.25, 0.3) is 0 Å². The fraction of sp³-hybridized carbons (Fsp3) is 0.933. The van der Waals surface area contributed by atoms with Crippen molar-refractivity contribution in [2.75, 3.05) is 19.8 Å². The highest BCUT2D eigenvalue weighted by Crippen LogP contribution is 2.41. The molecule has 0 saturated heterocycles. The summed E-state index contributed by atoms with van der Waals surface area (Å²) in [7, 11) is 0. The Labute approximate surface area is 316 Å². The number of unbranched alkanes of at least 4 members (excludes halogenated alkanes) is 6. The molecule has 0 heterocycles. The Hall–Kier alpha value is -1.59. The van der Waals surface area contributed by atoms with E-state index in [4.69, 9.17) is 14.2 Å². The van der Waals surface area contributed by atoms with Crippen molar-refractivity contribution >= 4 is 17.9 Å². The molecule has 0 spiro atoms. The van der Waals surface area contributed by atoms with E-state index in [1.807, 2.05) is 0 Å². The van der Waals surface area contributed by atoms with Crippen molar-refractivity contribution in [2.45, 2.75) is 215 Å². The minimum atomic E-state index is -0.0823. The van der Waals surface area contributed by atoms with Gasteiger partial charge in [-0.05, 0) is 106 Å². The molecule has 6 heteroatoms. The summed E-state index contributed by atoms with van der Waals surface area (Å²) in [6.07, 6.45) is 28.0. The topological polar surface area (TPSA) is 78.9 Å². The lowest BCUT2D eigenvalue weighted by Crippen LogP contribution is -2.27. The standard InChI is InChI=1S/C45H84O6/c1-7-13-16-22-38(19-10-4)34-49-43(46)30-26-37-25-27-41(28-31-44(47)50-35-39(20-11-5)23-17-14-8-2)42(33-37)29-32-45(48)51-36-40(21-12-6)24-18-15-9-3/h37-42H,7-36H2,1-6H3. The molecule has 0 radical (unpaired) electrons. The van der Waals surface area contributed by atoms with Gasteiger partial charge in [0.15, 0.2) is 0 Å². The molecule has 51 heavy (non-hydrogen) atoms. The van der Waals surface area contributed by atoms with Crippen molar-refractivity contribution in [3.05, 3.63) is 0 Å². The molecule has 1 saturated carbocycles. The predicted molar refractivity (Wildman–Crippen MR) is 213 cm³/mol. The van der Waals surface area contributed by atoms with Gasteiger partial charge in [-0.1, -0.05) is 125 Å². The van der Waals surface area contributed by atoms with Crippen LogP contribution >= 0.6 is 0 Å². The second kappa shape index (κ2) is 31.9. The molecule has 0 N–H and O–H groups in total. The van der Waals surface area contributed by atoms with Crippen molar-refractivity contribution in [3.8, 4) is 0 Å². The van der Waals surface area contributed by atoms with Crippen LogP contribution in [0.4, 0.5) is 0 Å².